The first-order valence-corrected chi connectivity index (χ1v) is 7.43. The van der Waals surface area contributed by atoms with Crippen LogP contribution in [0.5, 0.6) is 0 Å². The fraction of sp³-hybridized carbons (Fsp3) is 0.500. The first-order chi connectivity index (χ1) is 10.0. The van der Waals surface area contributed by atoms with Crippen LogP contribution in [0.4, 0.5) is 5.69 Å². The first kappa shape index (κ1) is 14.1. The quantitative estimate of drug-likeness (QED) is 0.889. The number of hydrogen-bond donors (Lipinski definition) is 2. The number of hydrogen-bond acceptors (Lipinski definition) is 3. The van der Waals surface area contributed by atoms with Crippen molar-refractivity contribution in [3.8, 4) is 0 Å². The molecule has 1 heterocycles. The minimum Gasteiger partial charge on any atom is -0.481 e. The lowest BCUT2D eigenvalue weighted by Gasteiger charge is -2.29. The smallest absolute Gasteiger partial charge is 0.304 e. The average molecular weight is 288 g/mol. The van der Waals surface area contributed by atoms with Crippen LogP contribution in [0.3, 0.4) is 0 Å². The molecule has 1 aromatic rings. The Hall–Kier alpha value is -1.88. The van der Waals surface area contributed by atoms with Gasteiger partial charge in [-0.2, -0.15) is 0 Å². The van der Waals surface area contributed by atoms with Crippen molar-refractivity contribution in [3.05, 3.63) is 29.8 Å². The van der Waals surface area contributed by atoms with Crippen LogP contribution >= 0.6 is 0 Å². The number of carbonyl (C=O) groups is 2. The molecule has 1 amide bonds. The summed E-state index contributed by atoms with van der Waals surface area (Å²) in [5.74, 6) is -1.04. The van der Waals surface area contributed by atoms with E-state index in [0.717, 1.165) is 24.1 Å². The Bertz CT molecular complexity index is 579. The second-order valence-electron chi connectivity index (χ2n) is 6.13. The van der Waals surface area contributed by atoms with Gasteiger partial charge in [0, 0.05) is 18.2 Å². The van der Waals surface area contributed by atoms with Crippen molar-refractivity contribution in [2.45, 2.75) is 43.6 Å². The predicted molar refractivity (Wildman–Crippen MR) is 79.2 cm³/mol. The molecule has 1 saturated carbocycles. The molecule has 3 N–H and O–H groups in total. The van der Waals surface area contributed by atoms with Gasteiger partial charge in [-0.3, -0.25) is 9.59 Å². The Morgan fingerprint density at radius 1 is 1.29 bits per heavy atom. The van der Waals surface area contributed by atoms with Crippen LogP contribution in [0.15, 0.2) is 24.3 Å². The van der Waals surface area contributed by atoms with Gasteiger partial charge >= 0.3 is 5.97 Å². The molecule has 1 aliphatic carbocycles. The Balaban J connectivity index is 1.90. The third kappa shape index (κ3) is 2.42. The van der Waals surface area contributed by atoms with Crippen LogP contribution in [0.25, 0.3) is 0 Å². The second kappa shape index (κ2) is 5.15. The number of rotatable bonds is 3. The maximum atomic E-state index is 12.8. The van der Waals surface area contributed by atoms with Gasteiger partial charge in [0.1, 0.15) is 0 Å². The van der Waals surface area contributed by atoms with E-state index in [-0.39, 0.29) is 18.2 Å². The molecule has 0 bridgehead atoms. The molecular formula is C16H20N2O3. The monoisotopic (exact) mass is 288 g/mol. The predicted octanol–water partition coefficient (Wildman–Crippen LogP) is 1.86. The largest absolute Gasteiger partial charge is 0.481 e. The maximum absolute atomic E-state index is 12.8. The van der Waals surface area contributed by atoms with E-state index in [1.54, 1.807) is 4.90 Å². The van der Waals surface area contributed by atoms with E-state index < -0.39 is 11.5 Å². The zero-order chi connectivity index (χ0) is 15.0. The van der Waals surface area contributed by atoms with E-state index in [1.807, 2.05) is 24.3 Å². The number of benzene rings is 1. The summed E-state index contributed by atoms with van der Waals surface area (Å²) in [5, 5.41) is 9.06. The van der Waals surface area contributed by atoms with Crippen LogP contribution in [0.2, 0.25) is 0 Å². The van der Waals surface area contributed by atoms with Gasteiger partial charge < -0.3 is 15.7 Å². The van der Waals surface area contributed by atoms with Gasteiger partial charge in [-0.15, -0.1) is 0 Å². The number of nitrogens with zero attached hydrogens (tertiary/aromatic N) is 1. The molecule has 21 heavy (non-hydrogen) atoms. The molecule has 5 heteroatoms. The molecule has 1 aliphatic heterocycles. The Morgan fingerprint density at radius 2 is 1.95 bits per heavy atom. The minimum absolute atomic E-state index is 0.0400. The summed E-state index contributed by atoms with van der Waals surface area (Å²) in [6.45, 7) is 0.420. The minimum atomic E-state index is -0.840. The van der Waals surface area contributed by atoms with Crippen LogP contribution in [0.1, 0.15) is 43.6 Å². The molecule has 5 nitrogen and oxygen atoms in total. The summed E-state index contributed by atoms with van der Waals surface area (Å²) >= 11 is 0. The highest BCUT2D eigenvalue weighted by atomic mass is 16.4. The van der Waals surface area contributed by atoms with Crippen molar-refractivity contribution < 1.29 is 14.7 Å². The molecule has 0 aromatic heterocycles. The number of amides is 1. The molecule has 1 unspecified atom stereocenters. The zero-order valence-corrected chi connectivity index (χ0v) is 11.9. The highest BCUT2D eigenvalue weighted by Crippen LogP contribution is 2.40. The lowest BCUT2D eigenvalue weighted by Crippen LogP contribution is -2.53. The molecule has 112 valence electrons. The van der Waals surface area contributed by atoms with E-state index in [1.165, 1.54) is 0 Å². The van der Waals surface area contributed by atoms with Gasteiger partial charge in [0.15, 0.2) is 0 Å². The van der Waals surface area contributed by atoms with Crippen molar-refractivity contribution in [2.24, 2.45) is 5.73 Å². The third-order valence-electron chi connectivity index (χ3n) is 4.66. The maximum Gasteiger partial charge on any atom is 0.304 e. The molecule has 0 spiro atoms. The summed E-state index contributed by atoms with van der Waals surface area (Å²) in [5.41, 5.74) is 7.27. The standard InChI is InChI=1S/C16H20N2O3/c17-16(7-3-4-8-16)15(21)18-10-11(9-14(19)20)12-5-1-2-6-13(12)18/h1-2,5-6,11H,3-4,7-10,17H2,(H,19,20). The number of fused-ring (bicyclic) bond motifs is 1. The second-order valence-corrected chi connectivity index (χ2v) is 6.13. The lowest BCUT2D eigenvalue weighted by molar-refractivity contribution is -0.137. The van der Waals surface area contributed by atoms with Crippen molar-refractivity contribution in [3.63, 3.8) is 0 Å². The topological polar surface area (TPSA) is 83.6 Å². The summed E-state index contributed by atoms with van der Waals surface area (Å²) in [6.07, 6.45) is 3.44. The normalized spacial score (nSPS) is 23.1. The summed E-state index contributed by atoms with van der Waals surface area (Å²) in [4.78, 5) is 25.6. The fourth-order valence-corrected chi connectivity index (χ4v) is 3.56. The Labute approximate surface area is 123 Å². The van der Waals surface area contributed by atoms with E-state index in [2.05, 4.69) is 0 Å². The van der Waals surface area contributed by atoms with Gasteiger partial charge in [0.25, 0.3) is 0 Å². The highest BCUT2D eigenvalue weighted by Gasteiger charge is 2.43. The Kier molecular flexibility index (Phi) is 3.45. The Morgan fingerprint density at radius 3 is 2.62 bits per heavy atom. The molecule has 2 aliphatic rings. The van der Waals surface area contributed by atoms with Gasteiger partial charge in [-0.05, 0) is 24.5 Å². The number of nitrogens with two attached hydrogens (primary N) is 1. The van der Waals surface area contributed by atoms with Gasteiger partial charge in [0.05, 0.1) is 12.0 Å². The molecule has 1 fully saturated rings. The third-order valence-corrected chi connectivity index (χ3v) is 4.66. The summed E-state index contributed by atoms with van der Waals surface area (Å²) in [6, 6.07) is 7.55. The fourth-order valence-electron chi connectivity index (χ4n) is 3.56. The van der Waals surface area contributed by atoms with E-state index in [4.69, 9.17) is 10.8 Å². The number of para-hydroxylation sites is 1. The zero-order valence-electron chi connectivity index (χ0n) is 11.9. The summed E-state index contributed by atoms with van der Waals surface area (Å²) < 4.78 is 0. The van der Waals surface area contributed by atoms with Crippen molar-refractivity contribution in [1.29, 1.82) is 0 Å². The highest BCUT2D eigenvalue weighted by molar-refractivity contribution is 6.02. The van der Waals surface area contributed by atoms with Crippen LogP contribution in [-0.2, 0) is 9.59 Å². The van der Waals surface area contributed by atoms with E-state index in [9.17, 15) is 9.59 Å². The van der Waals surface area contributed by atoms with Gasteiger partial charge in [-0.1, -0.05) is 31.0 Å². The van der Waals surface area contributed by atoms with E-state index >= 15 is 0 Å². The molecule has 1 atom stereocenters. The lowest BCUT2D eigenvalue weighted by atomic mass is 9.97. The van der Waals surface area contributed by atoms with Crippen LogP contribution < -0.4 is 10.6 Å². The molecular weight excluding hydrogens is 268 g/mol. The van der Waals surface area contributed by atoms with Gasteiger partial charge in [0.2, 0.25) is 5.91 Å². The number of carbonyl (C=O) groups excluding carboxylic acids is 1. The van der Waals surface area contributed by atoms with Crippen LogP contribution in [-0.4, -0.2) is 29.1 Å². The number of aliphatic carboxylic acids is 1. The van der Waals surface area contributed by atoms with Crippen LogP contribution in [0, 0.1) is 0 Å². The van der Waals surface area contributed by atoms with Gasteiger partial charge in [-0.25, -0.2) is 0 Å². The molecule has 3 rings (SSSR count). The first-order valence-electron chi connectivity index (χ1n) is 7.43. The van der Waals surface area contributed by atoms with Crippen molar-refractivity contribution in [2.75, 3.05) is 11.4 Å². The average Bonchev–Trinajstić information content (AvgIpc) is 3.04. The SMILES string of the molecule is NC1(C(=O)N2CC(CC(=O)O)c3ccccc32)CCCC1. The number of carboxylic acid groups (broad SMARTS) is 1. The molecule has 1 aromatic carbocycles. The molecule has 0 radical (unpaired) electrons. The number of anilines is 1. The van der Waals surface area contributed by atoms with Crippen molar-refractivity contribution in [1.82, 2.24) is 0 Å². The molecule has 0 saturated heterocycles. The number of carboxylic acids is 1. The summed E-state index contributed by atoms with van der Waals surface area (Å²) in [7, 11) is 0. The van der Waals surface area contributed by atoms with Crippen molar-refractivity contribution >= 4 is 17.6 Å². The van der Waals surface area contributed by atoms with E-state index in [0.29, 0.717) is 19.4 Å².